The van der Waals surface area contributed by atoms with E-state index in [1.807, 2.05) is 35.0 Å². The molecule has 0 saturated carbocycles. The first-order chi connectivity index (χ1) is 11.8. The van der Waals surface area contributed by atoms with E-state index in [0.29, 0.717) is 0 Å². The normalized spacial score (nSPS) is 10.9. The average molecular weight is 315 g/mol. The van der Waals surface area contributed by atoms with Gasteiger partial charge < -0.3 is 5.32 Å². The third-order valence-electron chi connectivity index (χ3n) is 3.89. The second-order valence-corrected chi connectivity index (χ2v) is 5.71. The number of hydrogen-bond acceptors (Lipinski definition) is 4. The van der Waals surface area contributed by atoms with Crippen LogP contribution in [0.15, 0.2) is 67.1 Å². The Hall–Kier alpha value is -3.21. The van der Waals surface area contributed by atoms with Crippen molar-refractivity contribution in [1.29, 1.82) is 0 Å². The number of fused-ring (bicyclic) bond motifs is 1. The van der Waals surface area contributed by atoms with Crippen LogP contribution in [0.4, 0.5) is 5.82 Å². The highest BCUT2D eigenvalue weighted by Gasteiger charge is 2.07. The van der Waals surface area contributed by atoms with Gasteiger partial charge in [-0.25, -0.2) is 9.50 Å². The van der Waals surface area contributed by atoms with E-state index in [9.17, 15) is 0 Å². The molecule has 1 aromatic carbocycles. The highest BCUT2D eigenvalue weighted by Crippen LogP contribution is 2.20. The van der Waals surface area contributed by atoms with Crippen LogP contribution in [0, 0.1) is 6.92 Å². The molecule has 0 saturated heterocycles. The zero-order valence-corrected chi connectivity index (χ0v) is 13.3. The van der Waals surface area contributed by atoms with Crippen molar-refractivity contribution in [2.45, 2.75) is 13.5 Å². The summed E-state index contributed by atoms with van der Waals surface area (Å²) in [6.45, 7) is 2.83. The number of imidazole rings is 1. The summed E-state index contributed by atoms with van der Waals surface area (Å²) in [5.74, 6) is 0.817. The van der Waals surface area contributed by atoms with E-state index in [0.717, 1.165) is 29.3 Å². The van der Waals surface area contributed by atoms with Gasteiger partial charge in [0.25, 0.3) is 0 Å². The van der Waals surface area contributed by atoms with Gasteiger partial charge >= 0.3 is 0 Å². The fraction of sp³-hybridized carbons (Fsp3) is 0.105. The van der Waals surface area contributed by atoms with Crippen LogP contribution in [0.25, 0.3) is 16.9 Å². The number of pyridine rings is 1. The molecule has 5 nitrogen and oxygen atoms in total. The number of aryl methyl sites for hydroxylation is 1. The number of anilines is 1. The van der Waals surface area contributed by atoms with Crippen molar-refractivity contribution in [3.8, 4) is 11.3 Å². The van der Waals surface area contributed by atoms with Crippen LogP contribution in [0.2, 0.25) is 0 Å². The Bertz CT molecular complexity index is 975. The fourth-order valence-electron chi connectivity index (χ4n) is 2.70. The second-order valence-electron chi connectivity index (χ2n) is 5.71. The van der Waals surface area contributed by atoms with E-state index >= 15 is 0 Å². The summed E-state index contributed by atoms with van der Waals surface area (Å²) in [5, 5.41) is 8.05. The minimum atomic E-state index is 0.736. The summed E-state index contributed by atoms with van der Waals surface area (Å²) in [6.07, 6.45) is 5.38. The van der Waals surface area contributed by atoms with Crippen LogP contribution in [0.1, 0.15) is 11.1 Å². The van der Waals surface area contributed by atoms with E-state index in [4.69, 9.17) is 0 Å². The lowest BCUT2D eigenvalue weighted by Gasteiger charge is -2.08. The van der Waals surface area contributed by atoms with Crippen molar-refractivity contribution in [3.63, 3.8) is 0 Å². The molecule has 0 amide bonds. The largest absolute Gasteiger partial charge is 0.365 e. The fourth-order valence-corrected chi connectivity index (χ4v) is 2.70. The Morgan fingerprint density at radius 2 is 1.92 bits per heavy atom. The molecule has 3 aromatic heterocycles. The standard InChI is InChI=1S/C19H17N5/c1-14-3-2-4-15(11-14)12-21-18-5-6-19-22-13-17(24(19)23-18)16-7-9-20-10-8-16/h2-11,13H,12H2,1H3,(H,21,23). The quantitative estimate of drug-likeness (QED) is 0.624. The maximum atomic E-state index is 4.67. The highest BCUT2D eigenvalue weighted by molar-refractivity contribution is 5.63. The SMILES string of the molecule is Cc1cccc(CNc2ccc3ncc(-c4ccncc4)n3n2)c1. The molecule has 5 heteroatoms. The number of nitrogens with zero attached hydrogens (tertiary/aromatic N) is 4. The molecule has 3 heterocycles. The molecule has 0 radical (unpaired) electrons. The number of benzene rings is 1. The Kier molecular flexibility index (Phi) is 3.67. The Labute approximate surface area is 140 Å². The lowest BCUT2D eigenvalue weighted by atomic mass is 10.1. The van der Waals surface area contributed by atoms with Gasteiger partial charge in [0.1, 0.15) is 5.82 Å². The summed E-state index contributed by atoms with van der Waals surface area (Å²) in [4.78, 5) is 8.48. The molecular weight excluding hydrogens is 298 g/mol. The molecule has 0 bridgehead atoms. The lowest BCUT2D eigenvalue weighted by Crippen LogP contribution is -2.04. The lowest BCUT2D eigenvalue weighted by molar-refractivity contribution is 0.930. The van der Waals surface area contributed by atoms with Gasteiger partial charge in [0.05, 0.1) is 11.9 Å². The number of nitrogens with one attached hydrogen (secondary N) is 1. The van der Waals surface area contributed by atoms with E-state index in [2.05, 4.69) is 51.6 Å². The van der Waals surface area contributed by atoms with E-state index in [1.54, 1.807) is 12.4 Å². The zero-order valence-electron chi connectivity index (χ0n) is 13.3. The van der Waals surface area contributed by atoms with Gasteiger partial charge in [0.2, 0.25) is 0 Å². The van der Waals surface area contributed by atoms with Crippen LogP contribution >= 0.6 is 0 Å². The van der Waals surface area contributed by atoms with Gasteiger partial charge in [0.15, 0.2) is 5.65 Å². The van der Waals surface area contributed by atoms with Crippen LogP contribution in [0.3, 0.4) is 0 Å². The van der Waals surface area contributed by atoms with Crippen LogP contribution < -0.4 is 5.32 Å². The van der Waals surface area contributed by atoms with Gasteiger partial charge in [-0.3, -0.25) is 4.98 Å². The maximum absolute atomic E-state index is 4.67. The van der Waals surface area contributed by atoms with Crippen molar-refractivity contribution in [1.82, 2.24) is 19.6 Å². The molecule has 0 unspecified atom stereocenters. The third kappa shape index (κ3) is 2.84. The van der Waals surface area contributed by atoms with Crippen LogP contribution in [0.5, 0.6) is 0 Å². The molecule has 4 rings (SSSR count). The molecule has 1 N–H and O–H groups in total. The van der Waals surface area contributed by atoms with Gasteiger partial charge in [-0.05, 0) is 36.8 Å². The summed E-state index contributed by atoms with van der Waals surface area (Å²) in [6, 6.07) is 16.3. The van der Waals surface area contributed by atoms with E-state index < -0.39 is 0 Å². The summed E-state index contributed by atoms with van der Waals surface area (Å²) in [7, 11) is 0. The monoisotopic (exact) mass is 315 g/mol. The summed E-state index contributed by atoms with van der Waals surface area (Å²) < 4.78 is 1.86. The van der Waals surface area contributed by atoms with Crippen molar-refractivity contribution < 1.29 is 0 Å². The van der Waals surface area contributed by atoms with Crippen molar-refractivity contribution >= 4 is 11.5 Å². The first-order valence-electron chi connectivity index (χ1n) is 7.84. The minimum Gasteiger partial charge on any atom is -0.365 e. The highest BCUT2D eigenvalue weighted by atomic mass is 15.3. The Balaban J connectivity index is 1.63. The zero-order chi connectivity index (χ0) is 16.4. The molecule has 0 spiro atoms. The average Bonchev–Trinajstić information content (AvgIpc) is 3.04. The topological polar surface area (TPSA) is 55.1 Å². The van der Waals surface area contributed by atoms with Crippen LogP contribution in [-0.2, 0) is 6.54 Å². The minimum absolute atomic E-state index is 0.736. The van der Waals surface area contributed by atoms with Crippen molar-refractivity contribution in [3.05, 3.63) is 78.2 Å². The maximum Gasteiger partial charge on any atom is 0.154 e. The number of hydrogen-bond donors (Lipinski definition) is 1. The van der Waals surface area contributed by atoms with Gasteiger partial charge in [-0.2, -0.15) is 0 Å². The van der Waals surface area contributed by atoms with E-state index in [-0.39, 0.29) is 0 Å². The Morgan fingerprint density at radius 1 is 1.04 bits per heavy atom. The van der Waals surface area contributed by atoms with Gasteiger partial charge in [-0.15, -0.1) is 5.10 Å². The molecule has 4 aromatic rings. The van der Waals surface area contributed by atoms with E-state index in [1.165, 1.54) is 11.1 Å². The number of rotatable bonds is 4. The Morgan fingerprint density at radius 3 is 2.75 bits per heavy atom. The summed E-state index contributed by atoms with van der Waals surface area (Å²) in [5.41, 5.74) is 5.31. The molecule has 0 aliphatic carbocycles. The van der Waals surface area contributed by atoms with Gasteiger partial charge in [-0.1, -0.05) is 29.8 Å². The molecule has 24 heavy (non-hydrogen) atoms. The first-order valence-corrected chi connectivity index (χ1v) is 7.84. The molecule has 0 atom stereocenters. The summed E-state index contributed by atoms with van der Waals surface area (Å²) >= 11 is 0. The number of aromatic nitrogens is 4. The first kappa shape index (κ1) is 14.4. The third-order valence-corrected chi connectivity index (χ3v) is 3.89. The smallest absolute Gasteiger partial charge is 0.154 e. The van der Waals surface area contributed by atoms with Crippen LogP contribution in [-0.4, -0.2) is 19.6 Å². The van der Waals surface area contributed by atoms with Crippen molar-refractivity contribution in [2.75, 3.05) is 5.32 Å². The van der Waals surface area contributed by atoms with Crippen molar-refractivity contribution in [2.24, 2.45) is 0 Å². The molecular formula is C19H17N5. The van der Waals surface area contributed by atoms with Gasteiger partial charge in [0, 0.05) is 24.5 Å². The second kappa shape index (κ2) is 6.12. The molecule has 0 aliphatic rings. The molecule has 0 fully saturated rings. The molecule has 0 aliphatic heterocycles. The predicted molar refractivity (Wildman–Crippen MR) is 94.7 cm³/mol. The molecule has 118 valence electrons. The predicted octanol–water partition coefficient (Wildman–Crippen LogP) is 3.71.